The number of thioether (sulfide) groups is 1. The maximum Gasteiger partial charge on any atom is 0.243 e. The van der Waals surface area contributed by atoms with Crippen molar-refractivity contribution >= 4 is 46.5 Å². The van der Waals surface area contributed by atoms with Crippen LogP contribution in [-0.2, 0) is 11.3 Å². The number of hydrogen-bond acceptors (Lipinski definition) is 6. The molecule has 8 heteroatoms. The van der Waals surface area contributed by atoms with Crippen molar-refractivity contribution in [2.45, 2.75) is 38.3 Å². The maximum atomic E-state index is 11.9. The first-order valence-electron chi connectivity index (χ1n) is 7.41. The summed E-state index contributed by atoms with van der Waals surface area (Å²) < 4.78 is 0. The Morgan fingerprint density at radius 2 is 2.23 bits per heavy atom. The monoisotopic (exact) mass is 364 g/mol. The molecule has 2 rings (SSSR count). The molecule has 0 bridgehead atoms. The Labute approximate surface area is 146 Å². The van der Waals surface area contributed by atoms with E-state index in [1.165, 1.54) is 30.6 Å². The van der Waals surface area contributed by atoms with Crippen LogP contribution in [0.3, 0.4) is 0 Å². The number of piperidine rings is 1. The number of nitrogens with two attached hydrogens (primary N) is 1. The van der Waals surface area contributed by atoms with Crippen molar-refractivity contribution in [1.29, 1.82) is 0 Å². The summed E-state index contributed by atoms with van der Waals surface area (Å²) in [6.07, 6.45) is 6.59. The lowest BCUT2D eigenvalue weighted by Gasteiger charge is -2.25. The third kappa shape index (κ3) is 6.42. The Balaban J connectivity index is 0.00000242. The minimum Gasteiger partial charge on any atom is -0.320 e. The van der Waals surface area contributed by atoms with E-state index < -0.39 is 6.04 Å². The number of nitrogens with zero attached hydrogens (tertiary/aromatic N) is 2. The van der Waals surface area contributed by atoms with E-state index in [-0.39, 0.29) is 18.3 Å². The number of halogens is 1. The van der Waals surface area contributed by atoms with Gasteiger partial charge in [-0.05, 0) is 44.4 Å². The van der Waals surface area contributed by atoms with E-state index >= 15 is 0 Å². The van der Waals surface area contributed by atoms with Gasteiger partial charge >= 0.3 is 0 Å². The van der Waals surface area contributed by atoms with Gasteiger partial charge in [0.1, 0.15) is 0 Å². The molecule has 22 heavy (non-hydrogen) atoms. The van der Waals surface area contributed by atoms with Gasteiger partial charge < -0.3 is 11.1 Å². The van der Waals surface area contributed by atoms with Crippen LogP contribution in [0.25, 0.3) is 0 Å². The summed E-state index contributed by atoms with van der Waals surface area (Å²) in [4.78, 5) is 18.8. The molecule has 0 aromatic carbocycles. The van der Waals surface area contributed by atoms with Gasteiger partial charge in [-0.2, -0.15) is 11.8 Å². The summed E-state index contributed by atoms with van der Waals surface area (Å²) in [5.41, 5.74) is 6.89. The lowest BCUT2D eigenvalue weighted by molar-refractivity contribution is -0.117. The molecular formula is C14H25ClN4OS2. The van der Waals surface area contributed by atoms with Gasteiger partial charge in [0.2, 0.25) is 5.91 Å². The number of aromatic nitrogens is 1. The fraction of sp³-hybridized carbons (Fsp3) is 0.714. The van der Waals surface area contributed by atoms with Crippen LogP contribution in [0.15, 0.2) is 5.38 Å². The average Bonchev–Trinajstić information content (AvgIpc) is 2.92. The van der Waals surface area contributed by atoms with Crippen LogP contribution < -0.4 is 11.1 Å². The average molecular weight is 365 g/mol. The third-order valence-corrected chi connectivity index (χ3v) is 5.04. The summed E-state index contributed by atoms with van der Waals surface area (Å²) in [5, 5.41) is 5.51. The van der Waals surface area contributed by atoms with Crippen molar-refractivity contribution in [3.05, 3.63) is 11.1 Å². The predicted molar refractivity (Wildman–Crippen MR) is 98.1 cm³/mol. The fourth-order valence-electron chi connectivity index (χ4n) is 2.36. The first kappa shape index (κ1) is 19.7. The van der Waals surface area contributed by atoms with E-state index in [4.69, 9.17) is 5.73 Å². The zero-order valence-electron chi connectivity index (χ0n) is 12.9. The molecule has 1 unspecified atom stereocenters. The van der Waals surface area contributed by atoms with Crippen molar-refractivity contribution in [2.75, 3.05) is 30.4 Å². The number of likely N-dealkylation sites (tertiary alicyclic amines) is 1. The number of hydrogen-bond donors (Lipinski definition) is 2. The highest BCUT2D eigenvalue weighted by atomic mass is 35.5. The molecule has 1 aromatic rings. The normalized spacial score (nSPS) is 16.8. The highest BCUT2D eigenvalue weighted by Gasteiger charge is 2.16. The molecule has 2 heterocycles. The molecule has 0 spiro atoms. The standard InChI is InChI=1S/C14H24N4OS2.ClH/c1-20-8-5-12(15)13(19)17-14-16-11(10-21-14)9-18-6-3-2-4-7-18;/h10,12H,2-9,15H2,1H3,(H,16,17,19);1H. The van der Waals surface area contributed by atoms with Crippen LogP contribution in [0.1, 0.15) is 31.4 Å². The highest BCUT2D eigenvalue weighted by Crippen LogP contribution is 2.19. The van der Waals surface area contributed by atoms with Gasteiger partial charge in [-0.3, -0.25) is 9.69 Å². The number of amides is 1. The SMILES string of the molecule is CSCCC(N)C(=O)Nc1nc(CN2CCCCC2)cs1.Cl. The molecule has 126 valence electrons. The predicted octanol–water partition coefficient (Wildman–Crippen LogP) is 2.57. The topological polar surface area (TPSA) is 71.2 Å². The number of rotatable bonds is 7. The van der Waals surface area contributed by atoms with Crippen molar-refractivity contribution in [3.8, 4) is 0 Å². The van der Waals surface area contributed by atoms with Gasteiger partial charge in [0, 0.05) is 11.9 Å². The van der Waals surface area contributed by atoms with E-state index in [9.17, 15) is 4.79 Å². The van der Waals surface area contributed by atoms with Crippen molar-refractivity contribution < 1.29 is 4.79 Å². The second-order valence-electron chi connectivity index (χ2n) is 5.36. The van der Waals surface area contributed by atoms with E-state index in [0.717, 1.165) is 31.1 Å². The summed E-state index contributed by atoms with van der Waals surface area (Å²) in [6.45, 7) is 3.18. The van der Waals surface area contributed by atoms with Crippen LogP contribution >= 0.6 is 35.5 Å². The molecular weight excluding hydrogens is 340 g/mol. The van der Waals surface area contributed by atoms with Gasteiger partial charge in [0.25, 0.3) is 0 Å². The Morgan fingerprint density at radius 3 is 2.91 bits per heavy atom. The largest absolute Gasteiger partial charge is 0.320 e. The lowest BCUT2D eigenvalue weighted by atomic mass is 10.1. The van der Waals surface area contributed by atoms with E-state index in [1.807, 2.05) is 11.6 Å². The maximum absolute atomic E-state index is 11.9. The minimum absolute atomic E-state index is 0. The molecule has 0 saturated carbocycles. The van der Waals surface area contributed by atoms with E-state index in [1.54, 1.807) is 11.8 Å². The quantitative estimate of drug-likeness (QED) is 0.778. The van der Waals surface area contributed by atoms with Gasteiger partial charge in [-0.25, -0.2) is 4.98 Å². The zero-order valence-corrected chi connectivity index (χ0v) is 15.4. The van der Waals surface area contributed by atoms with Crippen LogP contribution in [0.5, 0.6) is 0 Å². The molecule has 0 aliphatic carbocycles. The highest BCUT2D eigenvalue weighted by molar-refractivity contribution is 7.98. The summed E-state index contributed by atoms with van der Waals surface area (Å²) in [7, 11) is 0. The number of carbonyl (C=O) groups is 1. The van der Waals surface area contributed by atoms with Gasteiger partial charge in [0.05, 0.1) is 11.7 Å². The first-order valence-corrected chi connectivity index (χ1v) is 9.68. The van der Waals surface area contributed by atoms with Crippen molar-refractivity contribution in [2.24, 2.45) is 5.73 Å². The Hall–Kier alpha value is -0.340. The van der Waals surface area contributed by atoms with Gasteiger partial charge in [-0.15, -0.1) is 23.7 Å². The zero-order chi connectivity index (χ0) is 15.1. The molecule has 1 atom stereocenters. The van der Waals surface area contributed by atoms with Crippen LogP contribution in [0, 0.1) is 0 Å². The van der Waals surface area contributed by atoms with Gasteiger partial charge in [0.15, 0.2) is 5.13 Å². The lowest BCUT2D eigenvalue weighted by Crippen LogP contribution is -2.36. The molecule has 1 aliphatic rings. The van der Waals surface area contributed by atoms with E-state index in [2.05, 4.69) is 15.2 Å². The number of anilines is 1. The van der Waals surface area contributed by atoms with Crippen LogP contribution in [0.4, 0.5) is 5.13 Å². The smallest absolute Gasteiger partial charge is 0.243 e. The minimum atomic E-state index is -0.452. The first-order chi connectivity index (χ1) is 10.2. The number of nitrogens with one attached hydrogen (secondary N) is 1. The summed E-state index contributed by atoms with van der Waals surface area (Å²) in [5.74, 6) is 0.759. The van der Waals surface area contributed by atoms with E-state index in [0.29, 0.717) is 11.6 Å². The summed E-state index contributed by atoms with van der Waals surface area (Å²) in [6, 6.07) is -0.452. The Kier molecular flexibility index (Phi) is 9.35. The molecule has 1 saturated heterocycles. The third-order valence-electron chi connectivity index (χ3n) is 3.59. The molecule has 0 radical (unpaired) electrons. The summed E-state index contributed by atoms with van der Waals surface area (Å²) >= 11 is 3.18. The van der Waals surface area contributed by atoms with Crippen LogP contribution in [0.2, 0.25) is 0 Å². The Bertz CT molecular complexity index is 452. The number of thiazole rings is 1. The van der Waals surface area contributed by atoms with Crippen molar-refractivity contribution in [1.82, 2.24) is 9.88 Å². The number of carbonyl (C=O) groups excluding carboxylic acids is 1. The van der Waals surface area contributed by atoms with Crippen LogP contribution in [-0.4, -0.2) is 46.9 Å². The molecule has 3 N–H and O–H groups in total. The molecule has 1 amide bonds. The molecule has 1 aliphatic heterocycles. The molecule has 1 aromatic heterocycles. The molecule has 5 nitrogen and oxygen atoms in total. The molecule has 1 fully saturated rings. The van der Waals surface area contributed by atoms with Crippen molar-refractivity contribution in [3.63, 3.8) is 0 Å². The second kappa shape index (κ2) is 10.4. The van der Waals surface area contributed by atoms with Gasteiger partial charge in [-0.1, -0.05) is 6.42 Å². The Morgan fingerprint density at radius 1 is 1.50 bits per heavy atom. The second-order valence-corrected chi connectivity index (χ2v) is 7.20. The fourth-order valence-corrected chi connectivity index (χ4v) is 3.55.